The molecule has 1 aliphatic rings. The van der Waals surface area contributed by atoms with E-state index < -0.39 is 0 Å². The third kappa shape index (κ3) is 3.40. The highest BCUT2D eigenvalue weighted by Gasteiger charge is 2.43. The third-order valence-corrected chi connectivity index (χ3v) is 5.95. The first-order valence-corrected chi connectivity index (χ1v) is 10.7. The van der Waals surface area contributed by atoms with Crippen molar-refractivity contribution in [2.45, 2.75) is 12.1 Å². The monoisotopic (exact) mass is 444 g/mol. The van der Waals surface area contributed by atoms with Gasteiger partial charge in [0.25, 0.3) is 0 Å². The molecular weight excluding hydrogens is 423 g/mol. The number of thiocarbonyl (C=S) groups is 1. The number of para-hydroxylation sites is 3. The quantitative estimate of drug-likeness (QED) is 0.429. The first kappa shape index (κ1) is 20.2. The summed E-state index contributed by atoms with van der Waals surface area (Å²) >= 11 is 5.71. The topological polar surface area (TPSA) is 42.3 Å². The smallest absolute Gasteiger partial charge is 0.174 e. The third-order valence-electron chi connectivity index (χ3n) is 5.64. The molecule has 2 aromatic carbocycles. The van der Waals surface area contributed by atoms with Crippen LogP contribution in [-0.4, -0.2) is 21.8 Å². The highest BCUT2D eigenvalue weighted by molar-refractivity contribution is 7.80. The first-order valence-electron chi connectivity index (χ1n) is 10.2. The van der Waals surface area contributed by atoms with Gasteiger partial charge in [0.1, 0.15) is 17.6 Å². The predicted octanol–water partition coefficient (Wildman–Crippen LogP) is 5.20. The minimum Gasteiger partial charge on any atom is -0.495 e. The predicted molar refractivity (Wildman–Crippen MR) is 127 cm³/mol. The Balaban J connectivity index is 1.70. The molecule has 5 nitrogen and oxygen atoms in total. The number of halogens is 1. The number of pyridine rings is 1. The van der Waals surface area contributed by atoms with E-state index >= 15 is 0 Å². The van der Waals surface area contributed by atoms with Gasteiger partial charge in [-0.05, 0) is 60.7 Å². The number of benzene rings is 2. The van der Waals surface area contributed by atoms with Gasteiger partial charge in [-0.25, -0.2) is 4.39 Å². The summed E-state index contributed by atoms with van der Waals surface area (Å²) in [6.45, 7) is 0. The fourth-order valence-electron chi connectivity index (χ4n) is 4.25. The van der Waals surface area contributed by atoms with Crippen molar-refractivity contribution in [3.05, 3.63) is 108 Å². The largest absolute Gasteiger partial charge is 0.495 e. The zero-order chi connectivity index (χ0) is 22.1. The van der Waals surface area contributed by atoms with Crippen LogP contribution in [-0.2, 0) is 0 Å². The van der Waals surface area contributed by atoms with Gasteiger partial charge in [-0.2, -0.15) is 0 Å². The Morgan fingerprint density at radius 2 is 1.69 bits per heavy atom. The van der Waals surface area contributed by atoms with Gasteiger partial charge in [0, 0.05) is 18.1 Å². The summed E-state index contributed by atoms with van der Waals surface area (Å²) in [6.07, 6.45) is 3.73. The molecule has 0 bridgehead atoms. The van der Waals surface area contributed by atoms with Crippen LogP contribution in [0.5, 0.6) is 5.75 Å². The Bertz CT molecular complexity index is 1260. The van der Waals surface area contributed by atoms with Crippen LogP contribution in [0.25, 0.3) is 5.69 Å². The SMILES string of the molecule is COc1ccccc1-n1cccc1C1C(c2ccccn2)NC(=S)N1c1ccccc1F. The Hall–Kier alpha value is -3.71. The summed E-state index contributed by atoms with van der Waals surface area (Å²) in [5, 5.41) is 3.82. The van der Waals surface area contributed by atoms with Crippen molar-refractivity contribution in [3.63, 3.8) is 0 Å². The molecule has 160 valence electrons. The van der Waals surface area contributed by atoms with E-state index in [-0.39, 0.29) is 17.9 Å². The molecule has 4 aromatic rings. The van der Waals surface area contributed by atoms with Crippen molar-refractivity contribution in [1.82, 2.24) is 14.9 Å². The average Bonchev–Trinajstić information content (AvgIpc) is 3.44. The molecular formula is C25H21FN4OS. The van der Waals surface area contributed by atoms with Crippen molar-refractivity contribution in [1.29, 1.82) is 0 Å². The van der Waals surface area contributed by atoms with Crippen LogP contribution in [0.4, 0.5) is 10.1 Å². The molecule has 1 aliphatic heterocycles. The van der Waals surface area contributed by atoms with Crippen molar-refractivity contribution in [2.24, 2.45) is 0 Å². The number of hydrogen-bond donors (Lipinski definition) is 1. The fourth-order valence-corrected chi connectivity index (χ4v) is 4.58. The van der Waals surface area contributed by atoms with E-state index in [2.05, 4.69) is 14.9 Å². The Morgan fingerprint density at radius 3 is 2.44 bits per heavy atom. The van der Waals surface area contributed by atoms with E-state index in [0.29, 0.717) is 10.8 Å². The molecule has 1 saturated heterocycles. The lowest BCUT2D eigenvalue weighted by Gasteiger charge is -2.29. The van der Waals surface area contributed by atoms with Gasteiger partial charge in [-0.3, -0.25) is 4.98 Å². The van der Waals surface area contributed by atoms with E-state index in [9.17, 15) is 4.39 Å². The van der Waals surface area contributed by atoms with E-state index in [1.807, 2.05) is 71.8 Å². The second kappa shape index (κ2) is 8.43. The summed E-state index contributed by atoms with van der Waals surface area (Å²) in [5.41, 5.74) is 3.06. The lowest BCUT2D eigenvalue weighted by Crippen LogP contribution is -2.31. The molecule has 0 spiro atoms. The van der Waals surface area contributed by atoms with E-state index in [1.54, 1.807) is 25.4 Å². The standard InChI is InChI=1S/C25H21FN4OS/c1-31-22-14-5-4-12-20(22)29-16-8-13-21(29)24-23(18-10-6-7-15-27-18)28-25(32)30(24)19-11-3-2-9-17(19)26/h2-16,23-24H,1H3,(H,28,32). The number of anilines is 1. The Labute approximate surface area is 191 Å². The molecule has 0 aliphatic carbocycles. The summed E-state index contributed by atoms with van der Waals surface area (Å²) < 4.78 is 22.6. The van der Waals surface area contributed by atoms with E-state index in [1.165, 1.54) is 6.07 Å². The molecule has 0 radical (unpaired) electrons. The lowest BCUT2D eigenvalue weighted by atomic mass is 10.0. The van der Waals surface area contributed by atoms with Crippen LogP contribution >= 0.6 is 12.2 Å². The Kier molecular flexibility index (Phi) is 5.33. The molecule has 0 amide bonds. The average molecular weight is 445 g/mol. The van der Waals surface area contributed by atoms with Gasteiger partial charge in [0.15, 0.2) is 5.11 Å². The zero-order valence-electron chi connectivity index (χ0n) is 17.4. The van der Waals surface area contributed by atoms with Crippen molar-refractivity contribution < 1.29 is 9.13 Å². The number of nitrogens with zero attached hydrogens (tertiary/aromatic N) is 3. The maximum absolute atomic E-state index is 14.9. The van der Waals surface area contributed by atoms with E-state index in [0.717, 1.165) is 22.8 Å². The van der Waals surface area contributed by atoms with Crippen molar-refractivity contribution >= 4 is 23.0 Å². The molecule has 32 heavy (non-hydrogen) atoms. The number of aromatic nitrogens is 2. The minimum atomic E-state index is -0.339. The molecule has 3 heterocycles. The maximum atomic E-state index is 14.9. The van der Waals surface area contributed by atoms with Crippen LogP contribution < -0.4 is 15.0 Å². The molecule has 7 heteroatoms. The second-order valence-electron chi connectivity index (χ2n) is 7.42. The maximum Gasteiger partial charge on any atom is 0.174 e. The van der Waals surface area contributed by atoms with Crippen LogP contribution in [0.3, 0.4) is 0 Å². The fraction of sp³-hybridized carbons (Fsp3) is 0.120. The number of ether oxygens (including phenoxy) is 1. The molecule has 2 unspecified atom stereocenters. The van der Waals surface area contributed by atoms with E-state index in [4.69, 9.17) is 17.0 Å². The second-order valence-corrected chi connectivity index (χ2v) is 7.81. The Morgan fingerprint density at radius 1 is 0.938 bits per heavy atom. The van der Waals surface area contributed by atoms with Gasteiger partial charge in [-0.15, -0.1) is 0 Å². The van der Waals surface area contributed by atoms with Gasteiger partial charge >= 0.3 is 0 Å². The first-order chi connectivity index (χ1) is 15.7. The van der Waals surface area contributed by atoms with Gasteiger partial charge in [0.2, 0.25) is 0 Å². The number of nitrogens with one attached hydrogen (secondary N) is 1. The lowest BCUT2D eigenvalue weighted by molar-refractivity contribution is 0.412. The molecule has 5 rings (SSSR count). The summed E-state index contributed by atoms with van der Waals surface area (Å²) in [6, 6.07) is 23.6. The molecule has 2 atom stereocenters. The van der Waals surface area contributed by atoms with Crippen LogP contribution in [0.15, 0.2) is 91.3 Å². The van der Waals surface area contributed by atoms with Gasteiger partial charge < -0.3 is 19.5 Å². The van der Waals surface area contributed by atoms with Gasteiger partial charge in [-0.1, -0.05) is 30.3 Å². The van der Waals surface area contributed by atoms with Gasteiger partial charge in [0.05, 0.1) is 30.2 Å². The summed E-state index contributed by atoms with van der Waals surface area (Å²) in [7, 11) is 1.65. The number of rotatable bonds is 5. The highest BCUT2D eigenvalue weighted by Crippen LogP contribution is 2.43. The van der Waals surface area contributed by atoms with Crippen LogP contribution in [0.2, 0.25) is 0 Å². The minimum absolute atomic E-state index is 0.272. The molecule has 0 saturated carbocycles. The zero-order valence-corrected chi connectivity index (χ0v) is 18.2. The van der Waals surface area contributed by atoms with Crippen molar-refractivity contribution in [2.75, 3.05) is 12.0 Å². The van der Waals surface area contributed by atoms with Crippen LogP contribution in [0.1, 0.15) is 23.5 Å². The molecule has 2 aromatic heterocycles. The number of methoxy groups -OCH3 is 1. The van der Waals surface area contributed by atoms with Crippen LogP contribution in [0, 0.1) is 5.82 Å². The summed E-state index contributed by atoms with van der Waals surface area (Å²) in [5.74, 6) is 0.407. The normalized spacial score (nSPS) is 17.9. The molecule has 1 fully saturated rings. The number of hydrogen-bond acceptors (Lipinski definition) is 3. The molecule has 1 N–H and O–H groups in total. The highest BCUT2D eigenvalue weighted by atomic mass is 32.1. The van der Waals surface area contributed by atoms with Crippen molar-refractivity contribution in [3.8, 4) is 11.4 Å². The summed E-state index contributed by atoms with van der Waals surface area (Å²) in [4.78, 5) is 6.40.